The molecule has 3 nitrogen and oxygen atoms in total. The largest absolute Gasteiger partial charge is 0.397 e. The molecular formula is C16H19N3. The van der Waals surface area contributed by atoms with E-state index in [0.717, 1.165) is 25.2 Å². The van der Waals surface area contributed by atoms with Crippen LogP contribution in [0.3, 0.4) is 0 Å². The van der Waals surface area contributed by atoms with E-state index in [0.29, 0.717) is 5.69 Å². The van der Waals surface area contributed by atoms with Crippen molar-refractivity contribution in [2.45, 2.75) is 13.0 Å². The smallest absolute Gasteiger partial charge is 0.0584 e. The van der Waals surface area contributed by atoms with Gasteiger partial charge in [-0.2, -0.15) is 0 Å². The molecule has 0 spiro atoms. The molecule has 3 heteroatoms. The maximum absolute atomic E-state index is 6.15. The second-order valence-corrected chi connectivity index (χ2v) is 5.24. The monoisotopic (exact) mass is 253 g/mol. The van der Waals surface area contributed by atoms with E-state index in [1.807, 2.05) is 12.1 Å². The van der Waals surface area contributed by atoms with Gasteiger partial charge in [0.2, 0.25) is 0 Å². The standard InChI is InChI=1S/C16H19N3/c1-19-8-7-12-14(10-19)13(9-15(17)16(12)18)11-5-3-2-4-6-11/h2-6,9H,7-8,10,17-18H2,1H3. The van der Waals surface area contributed by atoms with Gasteiger partial charge in [-0.3, -0.25) is 0 Å². The summed E-state index contributed by atoms with van der Waals surface area (Å²) in [7, 11) is 2.14. The van der Waals surface area contributed by atoms with Crippen LogP contribution in [0.4, 0.5) is 11.4 Å². The summed E-state index contributed by atoms with van der Waals surface area (Å²) < 4.78 is 0. The predicted octanol–water partition coefficient (Wildman–Crippen LogP) is 2.51. The lowest BCUT2D eigenvalue weighted by Crippen LogP contribution is -2.28. The maximum atomic E-state index is 6.15. The zero-order valence-corrected chi connectivity index (χ0v) is 11.2. The van der Waals surface area contributed by atoms with Crippen molar-refractivity contribution in [2.24, 2.45) is 0 Å². The summed E-state index contributed by atoms with van der Waals surface area (Å²) in [5, 5.41) is 0. The molecule has 2 aromatic carbocycles. The highest BCUT2D eigenvalue weighted by Gasteiger charge is 2.21. The van der Waals surface area contributed by atoms with E-state index in [1.54, 1.807) is 0 Å². The predicted molar refractivity (Wildman–Crippen MR) is 80.7 cm³/mol. The maximum Gasteiger partial charge on any atom is 0.0584 e. The first-order valence-electron chi connectivity index (χ1n) is 6.60. The number of nitrogens with two attached hydrogens (primary N) is 2. The van der Waals surface area contributed by atoms with E-state index in [4.69, 9.17) is 11.5 Å². The van der Waals surface area contributed by atoms with E-state index >= 15 is 0 Å². The van der Waals surface area contributed by atoms with Gasteiger partial charge in [0.15, 0.2) is 0 Å². The third-order valence-corrected chi connectivity index (χ3v) is 3.88. The quantitative estimate of drug-likeness (QED) is 0.768. The average molecular weight is 253 g/mol. The molecule has 19 heavy (non-hydrogen) atoms. The first-order valence-corrected chi connectivity index (χ1v) is 6.60. The Bertz CT molecular complexity index is 605. The molecule has 1 heterocycles. The molecule has 0 bridgehead atoms. The first kappa shape index (κ1) is 12.1. The van der Waals surface area contributed by atoms with Gasteiger partial charge in [-0.15, -0.1) is 0 Å². The fourth-order valence-electron chi connectivity index (χ4n) is 2.81. The molecule has 0 aliphatic carbocycles. The Morgan fingerprint density at radius 2 is 1.79 bits per heavy atom. The molecule has 0 aromatic heterocycles. The minimum atomic E-state index is 0.696. The van der Waals surface area contributed by atoms with Crippen LogP contribution in [-0.4, -0.2) is 18.5 Å². The first-order chi connectivity index (χ1) is 9.16. The van der Waals surface area contributed by atoms with Gasteiger partial charge in [-0.05, 0) is 41.8 Å². The van der Waals surface area contributed by atoms with E-state index in [-0.39, 0.29) is 0 Å². The van der Waals surface area contributed by atoms with Crippen LogP contribution in [0.5, 0.6) is 0 Å². The molecule has 1 aliphatic rings. The van der Waals surface area contributed by atoms with Crippen LogP contribution in [0.25, 0.3) is 11.1 Å². The lowest BCUT2D eigenvalue weighted by molar-refractivity contribution is 0.314. The number of hydrogen-bond donors (Lipinski definition) is 2. The van der Waals surface area contributed by atoms with Gasteiger partial charge in [0.05, 0.1) is 11.4 Å². The van der Waals surface area contributed by atoms with Crippen LogP contribution in [0.2, 0.25) is 0 Å². The molecule has 1 aliphatic heterocycles. The third-order valence-electron chi connectivity index (χ3n) is 3.88. The summed E-state index contributed by atoms with van der Waals surface area (Å²) in [6, 6.07) is 12.4. The molecule has 3 rings (SSSR count). The number of nitrogen functional groups attached to an aromatic ring is 2. The second kappa shape index (κ2) is 4.59. The van der Waals surface area contributed by atoms with Crippen molar-refractivity contribution < 1.29 is 0 Å². The van der Waals surface area contributed by atoms with Gasteiger partial charge >= 0.3 is 0 Å². The van der Waals surface area contributed by atoms with E-state index in [2.05, 4.69) is 36.2 Å². The van der Waals surface area contributed by atoms with Crippen molar-refractivity contribution in [3.05, 3.63) is 47.5 Å². The molecule has 0 saturated carbocycles. The normalized spacial score (nSPS) is 15.2. The summed E-state index contributed by atoms with van der Waals surface area (Å²) >= 11 is 0. The average Bonchev–Trinajstić information content (AvgIpc) is 2.43. The van der Waals surface area contributed by atoms with Crippen LogP contribution in [0.1, 0.15) is 11.1 Å². The number of anilines is 2. The zero-order valence-electron chi connectivity index (χ0n) is 11.2. The fraction of sp³-hybridized carbons (Fsp3) is 0.250. The number of benzene rings is 2. The van der Waals surface area contributed by atoms with E-state index < -0.39 is 0 Å². The van der Waals surface area contributed by atoms with Gasteiger partial charge in [-0.25, -0.2) is 0 Å². The Balaban J connectivity index is 2.22. The van der Waals surface area contributed by atoms with E-state index in [1.165, 1.54) is 22.3 Å². The van der Waals surface area contributed by atoms with Gasteiger partial charge in [0.25, 0.3) is 0 Å². The van der Waals surface area contributed by atoms with Crippen molar-refractivity contribution >= 4 is 11.4 Å². The fourth-order valence-corrected chi connectivity index (χ4v) is 2.81. The lowest BCUT2D eigenvalue weighted by atomic mass is 9.89. The topological polar surface area (TPSA) is 55.3 Å². The number of fused-ring (bicyclic) bond motifs is 1. The summed E-state index contributed by atoms with van der Waals surface area (Å²) in [6.45, 7) is 1.97. The third kappa shape index (κ3) is 2.06. The van der Waals surface area contributed by atoms with Crippen molar-refractivity contribution in [3.8, 4) is 11.1 Å². The molecular weight excluding hydrogens is 234 g/mol. The Hall–Kier alpha value is -2.00. The minimum Gasteiger partial charge on any atom is -0.397 e. The highest BCUT2D eigenvalue weighted by Crippen LogP contribution is 2.36. The summed E-state index contributed by atoms with van der Waals surface area (Å²) in [4.78, 5) is 2.32. The molecule has 0 amide bonds. The van der Waals surface area contributed by atoms with Crippen LogP contribution in [-0.2, 0) is 13.0 Å². The van der Waals surface area contributed by atoms with Crippen molar-refractivity contribution in [3.63, 3.8) is 0 Å². The van der Waals surface area contributed by atoms with Crippen molar-refractivity contribution in [1.29, 1.82) is 0 Å². The van der Waals surface area contributed by atoms with Gasteiger partial charge in [0, 0.05) is 13.1 Å². The molecule has 98 valence electrons. The van der Waals surface area contributed by atoms with Gasteiger partial charge in [0.1, 0.15) is 0 Å². The minimum absolute atomic E-state index is 0.696. The van der Waals surface area contributed by atoms with Crippen LogP contribution in [0.15, 0.2) is 36.4 Å². The highest BCUT2D eigenvalue weighted by atomic mass is 15.1. The second-order valence-electron chi connectivity index (χ2n) is 5.24. The Labute approximate surface area is 113 Å². The summed E-state index contributed by atoms with van der Waals surface area (Å²) in [5.41, 5.74) is 18.7. The SMILES string of the molecule is CN1CCc2c(N)c(N)cc(-c3ccccc3)c2C1. The Morgan fingerprint density at radius 1 is 1.05 bits per heavy atom. The van der Waals surface area contributed by atoms with Crippen molar-refractivity contribution in [2.75, 3.05) is 25.1 Å². The van der Waals surface area contributed by atoms with Crippen LogP contribution >= 0.6 is 0 Å². The lowest BCUT2D eigenvalue weighted by Gasteiger charge is -2.29. The van der Waals surface area contributed by atoms with Crippen LogP contribution in [0, 0.1) is 0 Å². The van der Waals surface area contributed by atoms with Gasteiger partial charge < -0.3 is 16.4 Å². The van der Waals surface area contributed by atoms with E-state index in [9.17, 15) is 0 Å². The van der Waals surface area contributed by atoms with Crippen molar-refractivity contribution in [1.82, 2.24) is 4.90 Å². The summed E-state index contributed by atoms with van der Waals surface area (Å²) in [6.07, 6.45) is 0.975. The highest BCUT2D eigenvalue weighted by molar-refractivity contribution is 5.81. The summed E-state index contributed by atoms with van der Waals surface area (Å²) in [5.74, 6) is 0. The number of likely N-dealkylation sites (N-methyl/N-ethyl adjacent to an activating group) is 1. The zero-order chi connectivity index (χ0) is 13.4. The molecule has 0 atom stereocenters. The number of rotatable bonds is 1. The Kier molecular flexibility index (Phi) is 2.91. The Morgan fingerprint density at radius 3 is 2.53 bits per heavy atom. The molecule has 0 saturated heterocycles. The molecule has 4 N–H and O–H groups in total. The number of hydrogen-bond acceptors (Lipinski definition) is 3. The molecule has 0 fully saturated rings. The number of nitrogens with zero attached hydrogens (tertiary/aromatic N) is 1. The molecule has 2 aromatic rings. The van der Waals surface area contributed by atoms with Gasteiger partial charge in [-0.1, -0.05) is 30.3 Å². The molecule has 0 radical (unpaired) electrons. The van der Waals surface area contributed by atoms with Crippen LogP contribution < -0.4 is 11.5 Å². The molecule has 0 unspecified atom stereocenters.